The zero-order chi connectivity index (χ0) is 12.3. The van der Waals surface area contributed by atoms with E-state index in [1.807, 2.05) is 25.2 Å². The number of benzene rings is 1. The van der Waals surface area contributed by atoms with Gasteiger partial charge in [0.15, 0.2) is 0 Å². The fourth-order valence-corrected chi connectivity index (χ4v) is 2.10. The van der Waals surface area contributed by atoms with Crippen molar-refractivity contribution >= 4 is 11.6 Å². The van der Waals surface area contributed by atoms with E-state index in [4.69, 9.17) is 11.6 Å². The highest BCUT2D eigenvalue weighted by molar-refractivity contribution is 6.21. The summed E-state index contributed by atoms with van der Waals surface area (Å²) in [5.41, 5.74) is 1.16. The molecule has 0 bridgehead atoms. The maximum atomic E-state index is 6.47. The van der Waals surface area contributed by atoms with Gasteiger partial charge >= 0.3 is 0 Å². The summed E-state index contributed by atoms with van der Waals surface area (Å²) in [4.78, 5) is 4.23. The van der Waals surface area contributed by atoms with Crippen molar-refractivity contribution in [2.75, 3.05) is 0 Å². The van der Waals surface area contributed by atoms with Crippen LogP contribution < -0.4 is 0 Å². The van der Waals surface area contributed by atoms with Gasteiger partial charge in [-0.1, -0.05) is 37.3 Å². The fraction of sp³-hybridized carbons (Fsp3) is 0.385. The molecule has 2 unspecified atom stereocenters. The lowest BCUT2D eigenvalue weighted by Crippen LogP contribution is -2.11. The normalized spacial score (nSPS) is 14.5. The van der Waals surface area contributed by atoms with Crippen molar-refractivity contribution in [1.29, 1.82) is 0 Å². The van der Waals surface area contributed by atoms with Gasteiger partial charge < -0.3 is 0 Å². The summed E-state index contributed by atoms with van der Waals surface area (Å²) < 4.78 is 1.80. The molecule has 0 saturated carbocycles. The van der Waals surface area contributed by atoms with Gasteiger partial charge in [0.2, 0.25) is 0 Å². The standard InChI is InChI=1S/C13H16ClN3/c1-10(8-12-15-9-16-17(12)2)13(14)11-6-4-3-5-7-11/h3-7,9-10,13H,8H2,1-2H3. The average molecular weight is 250 g/mol. The molecule has 2 atom stereocenters. The summed E-state index contributed by atoms with van der Waals surface area (Å²) in [5.74, 6) is 1.29. The Hall–Kier alpha value is -1.35. The molecule has 0 amide bonds. The Labute approximate surface area is 106 Å². The summed E-state index contributed by atoms with van der Waals surface area (Å²) >= 11 is 6.47. The molecule has 1 aromatic heterocycles. The van der Waals surface area contributed by atoms with Crippen LogP contribution in [0.4, 0.5) is 0 Å². The van der Waals surface area contributed by atoms with Crippen LogP contribution in [-0.2, 0) is 13.5 Å². The number of aromatic nitrogens is 3. The van der Waals surface area contributed by atoms with Crippen LogP contribution in [0.15, 0.2) is 36.7 Å². The predicted octanol–water partition coefficient (Wildman–Crippen LogP) is 2.97. The summed E-state index contributed by atoms with van der Waals surface area (Å²) in [6, 6.07) is 10.1. The number of alkyl halides is 1. The molecule has 0 spiro atoms. The molecule has 1 heterocycles. The zero-order valence-electron chi connectivity index (χ0n) is 10.0. The van der Waals surface area contributed by atoms with Gasteiger partial charge in [-0.15, -0.1) is 11.6 Å². The molecule has 2 aromatic rings. The third-order valence-corrected chi connectivity index (χ3v) is 3.61. The van der Waals surface area contributed by atoms with Crippen molar-refractivity contribution in [1.82, 2.24) is 14.8 Å². The summed E-state index contributed by atoms with van der Waals surface area (Å²) in [5, 5.41) is 4.07. The molecule has 90 valence electrons. The van der Waals surface area contributed by atoms with Crippen LogP contribution in [0.5, 0.6) is 0 Å². The van der Waals surface area contributed by atoms with Crippen molar-refractivity contribution in [2.45, 2.75) is 18.7 Å². The lowest BCUT2D eigenvalue weighted by atomic mass is 9.97. The van der Waals surface area contributed by atoms with Gasteiger partial charge in [0.05, 0.1) is 5.38 Å². The number of hydrogen-bond acceptors (Lipinski definition) is 2. The van der Waals surface area contributed by atoms with Crippen LogP contribution in [0.1, 0.15) is 23.7 Å². The minimum atomic E-state index is 0.00731. The smallest absolute Gasteiger partial charge is 0.138 e. The second-order valence-corrected chi connectivity index (χ2v) is 4.76. The SMILES string of the molecule is CC(Cc1ncnn1C)C(Cl)c1ccccc1. The molecule has 0 aliphatic rings. The third kappa shape index (κ3) is 2.86. The van der Waals surface area contributed by atoms with Gasteiger partial charge in [0.1, 0.15) is 12.2 Å². The van der Waals surface area contributed by atoms with E-state index in [0.717, 1.165) is 17.8 Å². The van der Waals surface area contributed by atoms with E-state index in [0.29, 0.717) is 5.92 Å². The van der Waals surface area contributed by atoms with Crippen molar-refractivity contribution in [2.24, 2.45) is 13.0 Å². The third-order valence-electron chi connectivity index (χ3n) is 2.93. The Bertz CT molecular complexity index is 467. The largest absolute Gasteiger partial charge is 0.253 e. The topological polar surface area (TPSA) is 30.7 Å². The summed E-state index contributed by atoms with van der Waals surface area (Å²) in [7, 11) is 1.90. The molecule has 0 radical (unpaired) electrons. The Morgan fingerprint density at radius 2 is 2.00 bits per heavy atom. The second kappa shape index (κ2) is 5.32. The van der Waals surface area contributed by atoms with Gasteiger partial charge in [0.25, 0.3) is 0 Å². The predicted molar refractivity (Wildman–Crippen MR) is 68.9 cm³/mol. The van der Waals surface area contributed by atoms with Gasteiger partial charge in [-0.2, -0.15) is 5.10 Å². The van der Waals surface area contributed by atoms with Gasteiger partial charge in [0, 0.05) is 13.5 Å². The Morgan fingerprint density at radius 3 is 2.59 bits per heavy atom. The molecule has 4 heteroatoms. The van der Waals surface area contributed by atoms with Gasteiger partial charge in [-0.05, 0) is 11.5 Å². The quantitative estimate of drug-likeness (QED) is 0.780. The Kier molecular flexibility index (Phi) is 3.79. The molecule has 0 saturated heterocycles. The summed E-state index contributed by atoms with van der Waals surface area (Å²) in [6.45, 7) is 2.14. The van der Waals surface area contributed by atoms with Crippen molar-refractivity contribution in [3.05, 3.63) is 48.0 Å². The zero-order valence-corrected chi connectivity index (χ0v) is 10.8. The molecule has 0 aliphatic carbocycles. The van der Waals surface area contributed by atoms with Crippen LogP contribution in [-0.4, -0.2) is 14.8 Å². The molecule has 0 N–H and O–H groups in total. The number of halogens is 1. The molecular formula is C13H16ClN3. The highest BCUT2D eigenvalue weighted by atomic mass is 35.5. The van der Waals surface area contributed by atoms with Crippen LogP contribution in [0.25, 0.3) is 0 Å². The molecule has 0 aliphatic heterocycles. The van der Waals surface area contributed by atoms with E-state index in [9.17, 15) is 0 Å². The van der Waals surface area contributed by atoms with Crippen LogP contribution >= 0.6 is 11.6 Å². The molecule has 2 rings (SSSR count). The van der Waals surface area contributed by atoms with Gasteiger partial charge in [-0.3, -0.25) is 4.68 Å². The first-order valence-corrected chi connectivity index (χ1v) is 6.14. The summed E-state index contributed by atoms with van der Waals surface area (Å²) in [6.07, 6.45) is 2.41. The van der Waals surface area contributed by atoms with E-state index >= 15 is 0 Å². The highest BCUT2D eigenvalue weighted by Gasteiger charge is 2.18. The molecule has 3 nitrogen and oxygen atoms in total. The number of hydrogen-bond donors (Lipinski definition) is 0. The second-order valence-electron chi connectivity index (χ2n) is 4.29. The fourth-order valence-electron chi connectivity index (χ4n) is 1.86. The van der Waals surface area contributed by atoms with Crippen LogP contribution in [0, 0.1) is 5.92 Å². The maximum absolute atomic E-state index is 6.47. The minimum Gasteiger partial charge on any atom is -0.253 e. The first-order chi connectivity index (χ1) is 8.18. The molecule has 1 aromatic carbocycles. The minimum absolute atomic E-state index is 0.00731. The number of aryl methyl sites for hydroxylation is 1. The lowest BCUT2D eigenvalue weighted by molar-refractivity contribution is 0.523. The first kappa shape index (κ1) is 12.1. The maximum Gasteiger partial charge on any atom is 0.138 e. The highest BCUT2D eigenvalue weighted by Crippen LogP contribution is 2.30. The van der Waals surface area contributed by atoms with E-state index in [2.05, 4.69) is 29.1 Å². The van der Waals surface area contributed by atoms with Crippen molar-refractivity contribution < 1.29 is 0 Å². The van der Waals surface area contributed by atoms with Crippen LogP contribution in [0.2, 0.25) is 0 Å². The van der Waals surface area contributed by atoms with E-state index in [1.54, 1.807) is 11.0 Å². The van der Waals surface area contributed by atoms with Crippen LogP contribution in [0.3, 0.4) is 0 Å². The lowest BCUT2D eigenvalue weighted by Gasteiger charge is -2.17. The molecular weight excluding hydrogens is 234 g/mol. The first-order valence-electron chi connectivity index (χ1n) is 5.70. The Balaban J connectivity index is 2.06. The van der Waals surface area contributed by atoms with E-state index < -0.39 is 0 Å². The van der Waals surface area contributed by atoms with Crippen molar-refractivity contribution in [3.63, 3.8) is 0 Å². The average Bonchev–Trinajstić information content (AvgIpc) is 2.75. The van der Waals surface area contributed by atoms with E-state index in [-0.39, 0.29) is 5.38 Å². The Morgan fingerprint density at radius 1 is 1.29 bits per heavy atom. The number of rotatable bonds is 4. The monoisotopic (exact) mass is 249 g/mol. The van der Waals surface area contributed by atoms with Gasteiger partial charge in [-0.25, -0.2) is 4.98 Å². The molecule has 17 heavy (non-hydrogen) atoms. The van der Waals surface area contributed by atoms with E-state index in [1.165, 1.54) is 0 Å². The molecule has 0 fully saturated rings. The van der Waals surface area contributed by atoms with Crippen molar-refractivity contribution in [3.8, 4) is 0 Å². The number of nitrogens with zero attached hydrogens (tertiary/aromatic N) is 3.